The average molecular weight is 226 g/mol. The Hall–Kier alpha value is -0.620. The number of hydrogen-bond acceptors (Lipinski definition) is 0. The first-order valence-electron chi connectivity index (χ1n) is 6.58. The Labute approximate surface area is 102 Å². The van der Waals surface area contributed by atoms with Gasteiger partial charge in [0.25, 0.3) is 0 Å². The highest BCUT2D eigenvalue weighted by Crippen LogP contribution is 2.22. The Balaban J connectivity index is 0. The highest BCUT2D eigenvalue weighted by atomic mass is 14.8. The number of hydrogen-bond donors (Lipinski definition) is 0. The zero-order valence-corrected chi connectivity index (χ0v) is 11.8. The van der Waals surface area contributed by atoms with E-state index < -0.39 is 0 Å². The predicted octanol–water partition coefficient (Wildman–Crippen LogP) is 5.09. The van der Waals surface area contributed by atoms with Gasteiger partial charge >= 0.3 is 0 Å². The van der Waals surface area contributed by atoms with Crippen LogP contribution in [0.1, 0.15) is 79.1 Å². The Morgan fingerprint density at radius 2 is 1.31 bits per heavy atom. The Kier molecular flexibility index (Phi) is 13.8. The van der Waals surface area contributed by atoms with Crippen LogP contribution in [0.3, 0.4) is 0 Å². The van der Waals surface area contributed by atoms with Gasteiger partial charge in [0.05, 0.1) is 0 Å². The van der Waals surface area contributed by atoms with Gasteiger partial charge in [0.1, 0.15) is 0 Å². The maximum Gasteiger partial charge on any atom is 0.245 e. The van der Waals surface area contributed by atoms with Crippen molar-refractivity contribution in [3.05, 3.63) is 5.53 Å². The monoisotopic (exact) mass is 226 g/mol. The zero-order chi connectivity index (χ0) is 12.9. The van der Waals surface area contributed by atoms with Crippen LogP contribution in [0.4, 0.5) is 0 Å². The normalized spacial score (nSPS) is 10.2. The van der Waals surface area contributed by atoms with Crippen LogP contribution < -0.4 is 0 Å². The molecule has 0 N–H and O–H groups in total. The van der Waals surface area contributed by atoms with E-state index in [-0.39, 0.29) is 0 Å². The molecule has 0 atom stereocenters. The van der Waals surface area contributed by atoms with Gasteiger partial charge in [-0.3, -0.25) is 0 Å². The van der Waals surface area contributed by atoms with Crippen molar-refractivity contribution in [1.82, 2.24) is 0 Å². The van der Waals surface area contributed by atoms with Crippen molar-refractivity contribution >= 4 is 6.72 Å². The first-order valence-corrected chi connectivity index (χ1v) is 6.58. The summed E-state index contributed by atoms with van der Waals surface area (Å²) >= 11 is 0. The van der Waals surface area contributed by atoms with Crippen LogP contribution in [0, 0.1) is 5.41 Å². The van der Waals surface area contributed by atoms with E-state index in [0.29, 0.717) is 5.41 Å². The lowest BCUT2D eigenvalue weighted by Gasteiger charge is -2.17. The van der Waals surface area contributed by atoms with Crippen molar-refractivity contribution in [2.24, 2.45) is 5.41 Å². The minimum atomic E-state index is 0.545. The van der Waals surface area contributed by atoms with E-state index in [1.54, 1.807) is 0 Å². The maximum atomic E-state index is 7.08. The first kappa shape index (κ1) is 17.8. The second-order valence-corrected chi connectivity index (χ2v) is 5.57. The molecular weight excluding hydrogens is 196 g/mol. The van der Waals surface area contributed by atoms with Gasteiger partial charge in [-0.1, -0.05) is 72.6 Å². The fraction of sp³-hybridized carbons (Fsp3) is 0.929. The lowest BCUT2D eigenvalue weighted by molar-refractivity contribution is 0.0110. The number of nitrogens with zero attached hydrogens (tertiary/aromatic N) is 2. The Morgan fingerprint density at radius 1 is 0.938 bits per heavy atom. The largest absolute Gasteiger partial charge is 0.362 e. The van der Waals surface area contributed by atoms with E-state index in [1.165, 1.54) is 51.4 Å². The minimum absolute atomic E-state index is 0.545. The van der Waals surface area contributed by atoms with Crippen molar-refractivity contribution in [3.8, 4) is 0 Å². The quantitative estimate of drug-likeness (QED) is 0.251. The fourth-order valence-corrected chi connectivity index (χ4v) is 1.61. The van der Waals surface area contributed by atoms with E-state index in [9.17, 15) is 0 Å². The summed E-state index contributed by atoms with van der Waals surface area (Å²) in [7, 11) is 0. The first-order chi connectivity index (χ1) is 7.47. The van der Waals surface area contributed by atoms with Crippen molar-refractivity contribution in [1.29, 1.82) is 0 Å². The van der Waals surface area contributed by atoms with Crippen LogP contribution in [0.5, 0.6) is 0 Å². The molecule has 0 bridgehead atoms. The van der Waals surface area contributed by atoms with E-state index in [0.717, 1.165) is 0 Å². The summed E-state index contributed by atoms with van der Waals surface area (Å²) in [5.74, 6) is 0. The van der Waals surface area contributed by atoms with E-state index in [1.807, 2.05) is 0 Å². The lowest BCUT2D eigenvalue weighted by Crippen LogP contribution is -2.03. The van der Waals surface area contributed by atoms with E-state index in [4.69, 9.17) is 5.53 Å². The molecule has 0 aromatic rings. The van der Waals surface area contributed by atoms with Crippen molar-refractivity contribution in [2.75, 3.05) is 0 Å². The van der Waals surface area contributed by atoms with Crippen molar-refractivity contribution < 1.29 is 4.79 Å². The molecule has 2 heteroatoms. The molecule has 0 saturated carbocycles. The standard InChI is InChI=1S/C13H28.CH2N2/c1-5-6-7-8-9-10-11-12-13(2,3)4;1-3-2/h5-12H2,1-4H3;1H2. The molecule has 0 aliphatic heterocycles. The summed E-state index contributed by atoms with van der Waals surface area (Å²) < 4.78 is 0. The van der Waals surface area contributed by atoms with Crippen LogP contribution >= 0.6 is 0 Å². The molecule has 0 rings (SSSR count). The molecule has 0 spiro atoms. The maximum absolute atomic E-state index is 7.08. The topological polar surface area (TPSA) is 36.4 Å². The third-order valence-electron chi connectivity index (χ3n) is 2.53. The van der Waals surface area contributed by atoms with E-state index in [2.05, 4.69) is 39.2 Å². The second kappa shape index (κ2) is 12.4. The summed E-state index contributed by atoms with van der Waals surface area (Å²) in [6.07, 6.45) is 11.4. The molecular formula is C14H30N2. The molecule has 0 radical (unpaired) electrons. The van der Waals surface area contributed by atoms with Crippen LogP contribution in [-0.4, -0.2) is 11.5 Å². The molecule has 16 heavy (non-hydrogen) atoms. The van der Waals surface area contributed by atoms with Crippen LogP contribution in [-0.2, 0) is 0 Å². The molecule has 0 unspecified atom stereocenters. The van der Waals surface area contributed by atoms with Gasteiger partial charge in [-0.05, 0) is 11.8 Å². The van der Waals surface area contributed by atoms with Crippen molar-refractivity contribution in [3.63, 3.8) is 0 Å². The molecule has 0 aromatic carbocycles. The summed E-state index contributed by atoms with van der Waals surface area (Å²) in [5, 5.41) is 0. The molecule has 0 fully saturated rings. The summed E-state index contributed by atoms with van der Waals surface area (Å²) in [6.45, 7) is 12.0. The molecule has 0 heterocycles. The summed E-state index contributed by atoms with van der Waals surface area (Å²) in [6, 6.07) is 0. The number of unbranched alkanes of at least 4 members (excludes halogenated alkanes) is 6. The lowest BCUT2D eigenvalue weighted by atomic mass is 9.89. The predicted molar refractivity (Wildman–Crippen MR) is 72.8 cm³/mol. The van der Waals surface area contributed by atoms with Gasteiger partial charge in [0, 0.05) is 0 Å². The molecule has 0 saturated heterocycles. The molecule has 2 nitrogen and oxygen atoms in total. The van der Waals surface area contributed by atoms with Gasteiger partial charge in [0.2, 0.25) is 6.72 Å². The van der Waals surface area contributed by atoms with Crippen LogP contribution in [0.25, 0.3) is 5.53 Å². The molecule has 96 valence electrons. The number of rotatable bonds is 7. The molecule has 0 aromatic heterocycles. The minimum Gasteiger partial charge on any atom is -0.362 e. The zero-order valence-electron chi connectivity index (χ0n) is 11.8. The Morgan fingerprint density at radius 3 is 1.69 bits per heavy atom. The Bertz CT molecular complexity index is 162. The van der Waals surface area contributed by atoms with Gasteiger partial charge in [-0.2, -0.15) is 4.79 Å². The highest BCUT2D eigenvalue weighted by molar-refractivity contribution is 5.12. The summed E-state index contributed by atoms with van der Waals surface area (Å²) in [5.41, 5.74) is 7.63. The van der Waals surface area contributed by atoms with Gasteiger partial charge < -0.3 is 5.53 Å². The van der Waals surface area contributed by atoms with Gasteiger partial charge in [-0.15, -0.1) is 0 Å². The van der Waals surface area contributed by atoms with Gasteiger partial charge in [-0.25, -0.2) is 0 Å². The second-order valence-electron chi connectivity index (χ2n) is 5.57. The van der Waals surface area contributed by atoms with E-state index >= 15 is 0 Å². The molecule has 0 aliphatic rings. The van der Waals surface area contributed by atoms with Crippen LogP contribution in [0.2, 0.25) is 0 Å². The molecule has 0 amide bonds. The highest BCUT2D eigenvalue weighted by Gasteiger charge is 2.08. The summed E-state index contributed by atoms with van der Waals surface area (Å²) in [4.78, 5) is 2.25. The van der Waals surface area contributed by atoms with Gasteiger partial charge in [0.15, 0.2) is 0 Å². The fourth-order valence-electron chi connectivity index (χ4n) is 1.61. The third kappa shape index (κ3) is 23.3. The van der Waals surface area contributed by atoms with Crippen LogP contribution in [0.15, 0.2) is 0 Å². The smallest absolute Gasteiger partial charge is 0.245 e. The molecule has 0 aliphatic carbocycles. The third-order valence-corrected chi connectivity index (χ3v) is 2.53. The average Bonchev–Trinajstić information content (AvgIpc) is 2.16. The van der Waals surface area contributed by atoms with Crippen molar-refractivity contribution in [2.45, 2.75) is 79.1 Å². The SMILES string of the molecule is C=[N+]=[N-].CCCCCCCCCC(C)(C)C.